The summed E-state index contributed by atoms with van der Waals surface area (Å²) in [5, 5.41) is 19.1. The lowest BCUT2D eigenvalue weighted by molar-refractivity contribution is -0.143. The molecule has 182 valence electrons. The first kappa shape index (κ1) is 24.4. The highest BCUT2D eigenvalue weighted by Crippen LogP contribution is 2.39. The maximum Gasteiger partial charge on any atom is 0.233 e. The van der Waals surface area contributed by atoms with Crippen LogP contribution in [0.2, 0.25) is 0 Å². The predicted octanol–water partition coefficient (Wildman–Crippen LogP) is 2.10. The average Bonchev–Trinajstić information content (AvgIpc) is 2.92. The molecule has 0 fully saturated rings. The summed E-state index contributed by atoms with van der Waals surface area (Å²) in [6.07, 6.45) is 2.03. The van der Waals surface area contributed by atoms with Crippen molar-refractivity contribution >= 4 is 11.8 Å². The van der Waals surface area contributed by atoms with Crippen LogP contribution in [0.15, 0.2) is 24.3 Å². The van der Waals surface area contributed by atoms with Gasteiger partial charge in [-0.2, -0.15) is 0 Å². The molecule has 0 bridgehead atoms. The zero-order valence-corrected chi connectivity index (χ0v) is 20.3. The molecule has 1 aliphatic heterocycles. The Balaban J connectivity index is 1.32. The van der Waals surface area contributed by atoms with E-state index in [9.17, 15) is 19.8 Å². The van der Waals surface area contributed by atoms with Gasteiger partial charge in [-0.3, -0.25) is 14.5 Å². The first-order valence-corrected chi connectivity index (χ1v) is 11.9. The van der Waals surface area contributed by atoms with Gasteiger partial charge in [0, 0.05) is 19.0 Å². The Hall–Kier alpha value is -2.74. The molecule has 0 aromatic heterocycles. The van der Waals surface area contributed by atoms with E-state index < -0.39 is 0 Å². The Morgan fingerprint density at radius 2 is 1.62 bits per heavy atom. The lowest BCUT2D eigenvalue weighted by Gasteiger charge is -2.34. The number of amides is 2. The van der Waals surface area contributed by atoms with Gasteiger partial charge in [-0.15, -0.1) is 0 Å². The molecule has 4 rings (SSSR count). The van der Waals surface area contributed by atoms with Crippen LogP contribution in [-0.4, -0.2) is 65.6 Å². The van der Waals surface area contributed by atoms with E-state index in [0.717, 1.165) is 48.4 Å². The lowest BCUT2D eigenvalue weighted by atomic mass is 9.76. The third-order valence-electron chi connectivity index (χ3n) is 7.16. The molecule has 2 aliphatic rings. The normalized spacial score (nSPS) is 17.4. The van der Waals surface area contributed by atoms with Gasteiger partial charge in [0.15, 0.2) is 0 Å². The molecule has 1 aliphatic carbocycles. The van der Waals surface area contributed by atoms with Crippen molar-refractivity contribution in [3.8, 4) is 5.75 Å². The number of carbonyl (C=O) groups is 2. The molecule has 2 amide bonds. The molecular formula is C27H34N2O5. The number of hydrogen-bond acceptors (Lipinski definition) is 6. The topological polar surface area (TPSA) is 90.3 Å². The van der Waals surface area contributed by atoms with Gasteiger partial charge >= 0.3 is 0 Å². The minimum absolute atomic E-state index is 0.136. The summed E-state index contributed by atoms with van der Waals surface area (Å²) in [5.74, 6) is 1.04. The highest BCUT2D eigenvalue weighted by Gasteiger charge is 2.30. The van der Waals surface area contributed by atoms with Crippen molar-refractivity contribution < 1.29 is 24.5 Å². The van der Waals surface area contributed by atoms with E-state index >= 15 is 0 Å². The van der Waals surface area contributed by atoms with Crippen LogP contribution in [0.3, 0.4) is 0 Å². The van der Waals surface area contributed by atoms with Gasteiger partial charge in [-0.1, -0.05) is 18.2 Å². The predicted molar refractivity (Wildman–Crippen MR) is 129 cm³/mol. The average molecular weight is 467 g/mol. The lowest BCUT2D eigenvalue weighted by Crippen LogP contribution is -2.39. The van der Waals surface area contributed by atoms with E-state index in [1.54, 1.807) is 19.2 Å². The molecular weight excluding hydrogens is 432 g/mol. The van der Waals surface area contributed by atoms with Gasteiger partial charge in [-0.25, -0.2) is 0 Å². The minimum Gasteiger partial charge on any atom is -0.496 e. The molecule has 0 saturated carbocycles. The van der Waals surface area contributed by atoms with Gasteiger partial charge in [0.2, 0.25) is 11.8 Å². The Labute approximate surface area is 200 Å². The molecule has 0 unspecified atom stereocenters. The minimum atomic E-state index is -0.208. The number of fused-ring (bicyclic) bond motifs is 2. The Morgan fingerprint density at radius 1 is 1.00 bits per heavy atom. The van der Waals surface area contributed by atoms with Crippen LogP contribution in [0.4, 0.5) is 0 Å². The first-order chi connectivity index (χ1) is 16.3. The molecule has 0 spiro atoms. The van der Waals surface area contributed by atoms with Crippen LogP contribution >= 0.6 is 0 Å². The Kier molecular flexibility index (Phi) is 7.36. The second-order valence-corrected chi connectivity index (χ2v) is 9.54. The molecule has 0 saturated heterocycles. The van der Waals surface area contributed by atoms with E-state index in [-0.39, 0.29) is 37.9 Å². The molecule has 7 heteroatoms. The SMILES string of the molecule is COc1cc2c(cc1C)[C@@H](CN(C)CCCN1C(=O)Cc3cc(CO)c(CO)cc3CC1=O)C2. The van der Waals surface area contributed by atoms with Crippen LogP contribution in [-0.2, 0) is 42.1 Å². The molecule has 1 heterocycles. The Bertz CT molecular complexity index is 1050. The van der Waals surface area contributed by atoms with Crippen molar-refractivity contribution in [3.05, 3.63) is 63.2 Å². The number of ether oxygens (including phenoxy) is 1. The van der Waals surface area contributed by atoms with Gasteiger partial charge in [-0.05, 0) is 78.4 Å². The molecule has 2 aromatic rings. The van der Waals surface area contributed by atoms with Crippen LogP contribution in [0.1, 0.15) is 51.3 Å². The largest absolute Gasteiger partial charge is 0.496 e. The van der Waals surface area contributed by atoms with Crippen molar-refractivity contribution in [2.45, 2.75) is 51.7 Å². The Morgan fingerprint density at radius 3 is 2.18 bits per heavy atom. The molecule has 0 radical (unpaired) electrons. The van der Waals surface area contributed by atoms with E-state index in [4.69, 9.17) is 4.74 Å². The zero-order chi connectivity index (χ0) is 24.4. The summed E-state index contributed by atoms with van der Waals surface area (Å²) < 4.78 is 5.42. The van der Waals surface area contributed by atoms with Gasteiger partial charge in [0.25, 0.3) is 0 Å². The van der Waals surface area contributed by atoms with E-state index in [2.05, 4.69) is 31.0 Å². The van der Waals surface area contributed by atoms with Crippen molar-refractivity contribution in [1.82, 2.24) is 9.80 Å². The quantitative estimate of drug-likeness (QED) is 0.550. The number of aryl methyl sites for hydroxylation is 1. The van der Waals surface area contributed by atoms with Crippen LogP contribution in [0, 0.1) is 6.92 Å². The maximum atomic E-state index is 12.8. The third kappa shape index (κ3) is 4.87. The number of methoxy groups -OCH3 is 1. The van der Waals surface area contributed by atoms with Crippen LogP contribution in [0.5, 0.6) is 5.75 Å². The number of aliphatic hydroxyl groups excluding tert-OH is 2. The smallest absolute Gasteiger partial charge is 0.233 e. The zero-order valence-electron chi connectivity index (χ0n) is 20.3. The second kappa shape index (κ2) is 10.3. The van der Waals surface area contributed by atoms with E-state index in [1.165, 1.54) is 16.0 Å². The number of aliphatic hydroxyl groups is 2. The fraction of sp³-hybridized carbons (Fsp3) is 0.481. The molecule has 2 aromatic carbocycles. The highest BCUT2D eigenvalue weighted by atomic mass is 16.5. The summed E-state index contributed by atoms with van der Waals surface area (Å²) in [7, 11) is 3.79. The van der Waals surface area contributed by atoms with Crippen molar-refractivity contribution in [1.29, 1.82) is 0 Å². The molecule has 34 heavy (non-hydrogen) atoms. The number of benzene rings is 2. The maximum absolute atomic E-state index is 12.8. The van der Waals surface area contributed by atoms with Crippen molar-refractivity contribution in [2.75, 3.05) is 33.8 Å². The fourth-order valence-corrected chi connectivity index (χ4v) is 5.22. The van der Waals surface area contributed by atoms with Gasteiger partial charge in [0.1, 0.15) is 5.75 Å². The van der Waals surface area contributed by atoms with Crippen molar-refractivity contribution in [3.63, 3.8) is 0 Å². The number of rotatable bonds is 9. The summed E-state index contributed by atoms with van der Waals surface area (Å²) in [4.78, 5) is 29.3. The first-order valence-electron chi connectivity index (χ1n) is 11.9. The number of imide groups is 1. The molecule has 7 nitrogen and oxygen atoms in total. The molecule has 2 N–H and O–H groups in total. The monoisotopic (exact) mass is 466 g/mol. The van der Waals surface area contributed by atoms with Crippen molar-refractivity contribution in [2.24, 2.45) is 0 Å². The standard InChI is InChI=1S/C27H34N2O5/c1-17-7-24-20(11-25(17)34-3)10-21(24)14-28(2)5-4-6-29-26(32)12-18-8-22(15-30)23(16-31)9-19(18)13-27(29)33/h7-9,11,21,30-31H,4-6,10,12-16H2,1-3H3/t21-/m1/s1. The summed E-state index contributed by atoms with van der Waals surface area (Å²) in [6.45, 7) is 3.79. The number of nitrogens with zero attached hydrogens (tertiary/aromatic N) is 2. The summed E-state index contributed by atoms with van der Waals surface area (Å²) in [5.41, 5.74) is 6.63. The third-order valence-corrected chi connectivity index (χ3v) is 7.16. The van der Waals surface area contributed by atoms with E-state index in [1.807, 2.05) is 0 Å². The number of carbonyl (C=O) groups excluding carboxylic acids is 2. The van der Waals surface area contributed by atoms with Gasteiger partial charge in [0.05, 0.1) is 33.2 Å². The fourth-order valence-electron chi connectivity index (χ4n) is 5.22. The van der Waals surface area contributed by atoms with Crippen LogP contribution in [0.25, 0.3) is 0 Å². The summed E-state index contributed by atoms with van der Waals surface area (Å²) >= 11 is 0. The van der Waals surface area contributed by atoms with E-state index in [0.29, 0.717) is 23.6 Å². The highest BCUT2D eigenvalue weighted by molar-refractivity contribution is 5.99. The van der Waals surface area contributed by atoms with Crippen LogP contribution < -0.4 is 4.74 Å². The number of hydrogen-bond donors (Lipinski definition) is 2. The second-order valence-electron chi connectivity index (χ2n) is 9.54. The van der Waals surface area contributed by atoms with Gasteiger partial charge < -0.3 is 19.8 Å². The number of likely N-dealkylation sites (N-methyl/N-ethyl adjacent to an activating group) is 1. The summed E-state index contributed by atoms with van der Waals surface area (Å²) in [6, 6.07) is 7.86. The molecule has 1 atom stereocenters.